The van der Waals surface area contributed by atoms with E-state index in [1.54, 1.807) is 55.2 Å². The van der Waals surface area contributed by atoms with Gasteiger partial charge >= 0.3 is 0 Å². The van der Waals surface area contributed by atoms with Crippen molar-refractivity contribution in [1.82, 2.24) is 10.2 Å². The largest absolute Gasteiger partial charge is 0.399 e. The van der Waals surface area contributed by atoms with E-state index in [0.717, 1.165) is 5.69 Å². The normalized spacial score (nSPS) is 10.3. The molecule has 19 heavy (non-hydrogen) atoms. The zero-order valence-electron chi connectivity index (χ0n) is 11.5. The Hall–Kier alpha value is -2.08. The predicted molar refractivity (Wildman–Crippen MR) is 75.8 cm³/mol. The van der Waals surface area contributed by atoms with Crippen LogP contribution in [0, 0.1) is 0 Å². The third-order valence-electron chi connectivity index (χ3n) is 2.75. The van der Waals surface area contributed by atoms with Crippen molar-refractivity contribution in [1.29, 1.82) is 0 Å². The first-order valence-corrected chi connectivity index (χ1v) is 5.95. The number of nitrogens with one attached hydrogen (secondary N) is 1. The average Bonchev–Trinajstić information content (AvgIpc) is 2.38. The molecule has 1 aromatic rings. The number of hydrogen-bond acceptors (Lipinski definition) is 4. The Morgan fingerprint density at radius 3 is 2.26 bits per heavy atom. The Balaban J connectivity index is 2.57. The molecule has 0 unspecified atom stereocenters. The maximum Gasteiger partial charge on any atom is 0.240 e. The minimum atomic E-state index is -0.120. The van der Waals surface area contributed by atoms with Crippen LogP contribution in [0.25, 0.3) is 0 Å². The molecule has 0 bridgehead atoms. The maximum atomic E-state index is 12.0. The van der Waals surface area contributed by atoms with Gasteiger partial charge in [-0.2, -0.15) is 0 Å². The van der Waals surface area contributed by atoms with Gasteiger partial charge in [-0.25, -0.2) is 0 Å². The number of benzene rings is 1. The smallest absolute Gasteiger partial charge is 0.240 e. The Kier molecular flexibility index (Phi) is 5.32. The first-order valence-electron chi connectivity index (χ1n) is 5.95. The summed E-state index contributed by atoms with van der Waals surface area (Å²) >= 11 is 0. The number of carbonyl (C=O) groups excluding carboxylic acids is 2. The molecule has 1 rings (SSSR count). The molecular formula is C13H20N4O2. The van der Waals surface area contributed by atoms with E-state index in [1.165, 1.54) is 0 Å². The lowest BCUT2D eigenvalue weighted by Crippen LogP contribution is -2.40. The molecule has 104 valence electrons. The van der Waals surface area contributed by atoms with E-state index < -0.39 is 0 Å². The molecule has 0 spiro atoms. The van der Waals surface area contributed by atoms with Gasteiger partial charge < -0.3 is 16.0 Å². The number of nitrogens with two attached hydrogens (primary N) is 1. The summed E-state index contributed by atoms with van der Waals surface area (Å²) in [7, 11) is 4.99. The highest BCUT2D eigenvalue weighted by molar-refractivity contribution is 5.94. The Morgan fingerprint density at radius 2 is 1.74 bits per heavy atom. The second-order valence-electron chi connectivity index (χ2n) is 4.39. The first-order chi connectivity index (χ1) is 8.93. The molecule has 0 radical (unpaired) electrons. The monoisotopic (exact) mass is 264 g/mol. The first kappa shape index (κ1) is 15.0. The summed E-state index contributed by atoms with van der Waals surface area (Å²) in [5.41, 5.74) is 7.02. The van der Waals surface area contributed by atoms with E-state index in [1.807, 2.05) is 0 Å². The van der Waals surface area contributed by atoms with Crippen LogP contribution < -0.4 is 16.0 Å². The van der Waals surface area contributed by atoms with Gasteiger partial charge in [0.15, 0.2) is 0 Å². The van der Waals surface area contributed by atoms with E-state index in [2.05, 4.69) is 5.32 Å². The van der Waals surface area contributed by atoms with Crippen molar-refractivity contribution in [2.45, 2.75) is 0 Å². The molecule has 1 aromatic carbocycles. The highest BCUT2D eigenvalue weighted by Gasteiger charge is 2.14. The fourth-order valence-electron chi connectivity index (χ4n) is 1.56. The van der Waals surface area contributed by atoms with E-state index in [0.29, 0.717) is 5.69 Å². The predicted octanol–water partition coefficient (Wildman–Crippen LogP) is -0.0906. The minimum absolute atomic E-state index is 0.0869. The molecule has 0 aromatic heterocycles. The zero-order chi connectivity index (χ0) is 14.4. The lowest BCUT2D eigenvalue weighted by atomic mass is 10.2. The van der Waals surface area contributed by atoms with Crippen LogP contribution in [0.15, 0.2) is 24.3 Å². The summed E-state index contributed by atoms with van der Waals surface area (Å²) in [6.45, 7) is 0.367. The second kappa shape index (κ2) is 6.75. The van der Waals surface area contributed by atoms with Gasteiger partial charge in [-0.1, -0.05) is 0 Å². The number of carbonyl (C=O) groups is 2. The Bertz CT molecular complexity index is 444. The van der Waals surface area contributed by atoms with Crippen molar-refractivity contribution in [3.63, 3.8) is 0 Å². The number of likely N-dealkylation sites (N-methyl/N-ethyl adjacent to an activating group) is 3. The SMILES string of the molecule is CNC(=O)CN(C)CC(=O)N(C)c1ccc(N)cc1. The van der Waals surface area contributed by atoms with Gasteiger partial charge in [0.2, 0.25) is 11.8 Å². The van der Waals surface area contributed by atoms with Crippen molar-refractivity contribution < 1.29 is 9.59 Å². The zero-order valence-corrected chi connectivity index (χ0v) is 11.5. The number of anilines is 2. The second-order valence-corrected chi connectivity index (χ2v) is 4.39. The molecule has 0 aliphatic rings. The quantitative estimate of drug-likeness (QED) is 0.729. The van der Waals surface area contributed by atoms with E-state index in [-0.39, 0.29) is 24.9 Å². The number of rotatable bonds is 5. The van der Waals surface area contributed by atoms with Gasteiger partial charge in [-0.15, -0.1) is 0 Å². The third-order valence-corrected chi connectivity index (χ3v) is 2.75. The average molecular weight is 264 g/mol. The summed E-state index contributed by atoms with van der Waals surface area (Å²) in [5.74, 6) is -0.207. The molecule has 3 N–H and O–H groups in total. The van der Waals surface area contributed by atoms with Crippen molar-refractivity contribution in [3.8, 4) is 0 Å². The Labute approximate surface area is 113 Å². The topological polar surface area (TPSA) is 78.7 Å². The highest BCUT2D eigenvalue weighted by atomic mass is 16.2. The van der Waals surface area contributed by atoms with Crippen LogP contribution in [0.5, 0.6) is 0 Å². The van der Waals surface area contributed by atoms with Gasteiger partial charge in [-0.05, 0) is 31.3 Å². The van der Waals surface area contributed by atoms with Crippen LogP contribution in [0.2, 0.25) is 0 Å². The van der Waals surface area contributed by atoms with Crippen molar-refractivity contribution in [2.75, 3.05) is 44.9 Å². The molecule has 0 saturated heterocycles. The van der Waals surface area contributed by atoms with Crippen LogP contribution in [0.3, 0.4) is 0 Å². The summed E-state index contributed by atoms with van der Waals surface area (Å²) in [5, 5.41) is 2.52. The Morgan fingerprint density at radius 1 is 1.16 bits per heavy atom. The fraction of sp³-hybridized carbons (Fsp3) is 0.385. The van der Waals surface area contributed by atoms with Gasteiger partial charge in [0.05, 0.1) is 13.1 Å². The van der Waals surface area contributed by atoms with Crippen molar-refractivity contribution in [2.24, 2.45) is 0 Å². The van der Waals surface area contributed by atoms with Gasteiger partial charge in [-0.3, -0.25) is 14.5 Å². The molecule has 0 aliphatic heterocycles. The van der Waals surface area contributed by atoms with Crippen molar-refractivity contribution in [3.05, 3.63) is 24.3 Å². The number of nitrogens with zero attached hydrogens (tertiary/aromatic N) is 2. The van der Waals surface area contributed by atoms with Crippen LogP contribution in [0.1, 0.15) is 0 Å². The molecule has 0 aliphatic carbocycles. The van der Waals surface area contributed by atoms with Crippen LogP contribution in [0.4, 0.5) is 11.4 Å². The number of nitrogen functional groups attached to an aromatic ring is 1. The molecule has 0 heterocycles. The lowest BCUT2D eigenvalue weighted by molar-refractivity contribution is -0.123. The van der Waals surface area contributed by atoms with Gasteiger partial charge in [0, 0.05) is 25.5 Å². The maximum absolute atomic E-state index is 12.0. The summed E-state index contributed by atoms with van der Waals surface area (Å²) < 4.78 is 0. The molecule has 6 heteroatoms. The molecule has 0 fully saturated rings. The highest BCUT2D eigenvalue weighted by Crippen LogP contribution is 2.14. The summed E-state index contributed by atoms with van der Waals surface area (Å²) in [4.78, 5) is 26.4. The van der Waals surface area contributed by atoms with Crippen LogP contribution >= 0.6 is 0 Å². The summed E-state index contributed by atoms with van der Waals surface area (Å²) in [6.07, 6.45) is 0. The van der Waals surface area contributed by atoms with E-state index in [9.17, 15) is 9.59 Å². The van der Waals surface area contributed by atoms with Crippen LogP contribution in [-0.4, -0.2) is 50.9 Å². The molecular weight excluding hydrogens is 244 g/mol. The summed E-state index contributed by atoms with van der Waals surface area (Å²) in [6, 6.07) is 7.05. The molecule has 2 amide bonds. The molecule has 0 saturated carbocycles. The number of amides is 2. The minimum Gasteiger partial charge on any atom is -0.399 e. The van der Waals surface area contributed by atoms with Crippen LogP contribution in [-0.2, 0) is 9.59 Å². The lowest BCUT2D eigenvalue weighted by Gasteiger charge is -2.21. The van der Waals surface area contributed by atoms with E-state index in [4.69, 9.17) is 5.73 Å². The standard InChI is InChI=1S/C13H20N4O2/c1-15-12(18)8-16(2)9-13(19)17(3)11-6-4-10(14)5-7-11/h4-7H,8-9,14H2,1-3H3,(H,15,18). The third kappa shape index (κ3) is 4.59. The fourth-order valence-corrected chi connectivity index (χ4v) is 1.56. The van der Waals surface area contributed by atoms with Gasteiger partial charge in [0.1, 0.15) is 0 Å². The van der Waals surface area contributed by atoms with Gasteiger partial charge in [0.25, 0.3) is 0 Å². The van der Waals surface area contributed by atoms with E-state index >= 15 is 0 Å². The molecule has 6 nitrogen and oxygen atoms in total. The van der Waals surface area contributed by atoms with Crippen molar-refractivity contribution >= 4 is 23.2 Å². The molecule has 0 atom stereocenters. The number of hydrogen-bond donors (Lipinski definition) is 2.